The molecule has 2 heterocycles. The molecule has 7 bridgehead atoms. The minimum Gasteiger partial charge on any atom is -0.461 e. The van der Waals surface area contributed by atoms with E-state index >= 15 is 0 Å². The van der Waals surface area contributed by atoms with Crippen molar-refractivity contribution in [1.29, 1.82) is 0 Å². The minimum atomic E-state index is -1.77. The molecule has 0 unspecified atom stereocenters. The summed E-state index contributed by atoms with van der Waals surface area (Å²) in [6.07, 6.45) is -0.158. The van der Waals surface area contributed by atoms with Gasteiger partial charge in [0.2, 0.25) is 11.8 Å². The van der Waals surface area contributed by atoms with Crippen LogP contribution in [0, 0.1) is 34.5 Å². The van der Waals surface area contributed by atoms with Crippen LogP contribution in [0.4, 0.5) is 5.69 Å². The molecule has 3 N–H and O–H groups in total. The first-order valence-corrected chi connectivity index (χ1v) is 17.1. The normalized spacial score (nSPS) is 47.9. The third-order valence-corrected chi connectivity index (χ3v) is 14.0. The highest BCUT2D eigenvalue weighted by atomic mass is 16.5. The van der Waals surface area contributed by atoms with Gasteiger partial charge in [-0.15, -0.1) is 0 Å². The lowest BCUT2D eigenvalue weighted by atomic mass is 9.42. The zero-order valence-corrected chi connectivity index (χ0v) is 27.5. The molecule has 0 aromatic heterocycles. The highest BCUT2D eigenvalue weighted by Gasteiger charge is 2.91. The van der Waals surface area contributed by atoms with Crippen LogP contribution in [-0.4, -0.2) is 121 Å². The van der Waals surface area contributed by atoms with Gasteiger partial charge in [-0.25, -0.2) is 9.69 Å². The molecule has 47 heavy (non-hydrogen) atoms. The van der Waals surface area contributed by atoms with Gasteiger partial charge in [0, 0.05) is 75.7 Å². The van der Waals surface area contributed by atoms with Crippen LogP contribution in [0.3, 0.4) is 0 Å². The zero-order chi connectivity index (χ0) is 33.3. The van der Waals surface area contributed by atoms with Crippen LogP contribution >= 0.6 is 0 Å². The molecular weight excluding hydrogens is 608 g/mol. The summed E-state index contributed by atoms with van der Waals surface area (Å²) < 4.78 is 24.8. The second-order valence-electron chi connectivity index (χ2n) is 15.2. The highest BCUT2D eigenvalue weighted by molar-refractivity contribution is 6.21. The number of hydrogen-bond donors (Lipinski definition) is 3. The van der Waals surface area contributed by atoms with Crippen molar-refractivity contribution in [3.05, 3.63) is 29.8 Å². The number of piperidine rings is 1. The van der Waals surface area contributed by atoms with E-state index in [1.165, 1.54) is 0 Å². The summed E-state index contributed by atoms with van der Waals surface area (Å²) in [5.74, 6) is -2.70. The number of aliphatic hydroxyl groups is 3. The Morgan fingerprint density at radius 3 is 2.43 bits per heavy atom. The van der Waals surface area contributed by atoms with Gasteiger partial charge in [0.1, 0.15) is 11.2 Å². The standard InChI is InChI=1S/C35H46N2O10/c1-5-36-16-32(17-47-30(41)18-8-6-7-9-21(18)37-24(38)10-11-25(37)39)13-12-23(45-3)34-20-14-19-22(44-2)15-33(42,26(20)27(19)40)35(43,31(34)36)29(46-4)28(32)34/h6-9,19-20,22-23,26-29,31,40,42-43H,5,10-17H2,1-4H3/t19-,20-,22+,23+,26-,27+,28-,29+,31+,32-,33-,34+,35+/m1/s1. The van der Waals surface area contributed by atoms with Gasteiger partial charge >= 0.3 is 5.97 Å². The number of carbonyl (C=O) groups is 3. The molecule has 1 aromatic carbocycles. The monoisotopic (exact) mass is 654 g/mol. The molecular formula is C35H46N2O10. The third-order valence-electron chi connectivity index (χ3n) is 14.0. The van der Waals surface area contributed by atoms with Crippen LogP contribution < -0.4 is 4.90 Å². The van der Waals surface area contributed by atoms with Gasteiger partial charge in [0.05, 0.1) is 48.3 Å². The molecule has 12 nitrogen and oxygen atoms in total. The summed E-state index contributed by atoms with van der Waals surface area (Å²) in [6, 6.07) is 5.99. The van der Waals surface area contributed by atoms with Gasteiger partial charge in [-0.3, -0.25) is 14.5 Å². The summed E-state index contributed by atoms with van der Waals surface area (Å²) in [4.78, 5) is 42.5. The number of hydrogen-bond acceptors (Lipinski definition) is 11. The molecule has 2 aliphatic heterocycles. The number of likely N-dealkylation sites (tertiary alicyclic amines) is 1. The third kappa shape index (κ3) is 3.60. The van der Waals surface area contributed by atoms with Crippen LogP contribution in [0.25, 0.3) is 0 Å². The molecule has 256 valence electrons. The second kappa shape index (κ2) is 10.5. The lowest BCUT2D eigenvalue weighted by Crippen LogP contribution is -2.82. The Morgan fingerprint density at radius 2 is 1.77 bits per heavy atom. The largest absolute Gasteiger partial charge is 0.461 e. The highest BCUT2D eigenvalue weighted by Crippen LogP contribution is 2.80. The fraction of sp³-hybridized carbons (Fsp3) is 0.743. The van der Waals surface area contributed by atoms with Crippen LogP contribution in [0.15, 0.2) is 24.3 Å². The molecule has 1 aromatic rings. The molecule has 0 radical (unpaired) electrons. The Bertz CT molecular complexity index is 1490. The molecule has 5 saturated carbocycles. The summed E-state index contributed by atoms with van der Waals surface area (Å²) in [6.45, 7) is 3.12. The van der Waals surface area contributed by atoms with E-state index in [1.54, 1.807) is 45.6 Å². The number of nitrogens with zero attached hydrogens (tertiary/aromatic N) is 2. The first-order chi connectivity index (χ1) is 22.5. The van der Waals surface area contributed by atoms with Gasteiger partial charge < -0.3 is 34.3 Å². The lowest BCUT2D eigenvalue weighted by molar-refractivity contribution is -0.318. The van der Waals surface area contributed by atoms with Crippen molar-refractivity contribution in [3.63, 3.8) is 0 Å². The molecule has 2 saturated heterocycles. The van der Waals surface area contributed by atoms with Crippen molar-refractivity contribution in [2.24, 2.45) is 34.5 Å². The number of aliphatic hydroxyl groups excluding tert-OH is 1. The van der Waals surface area contributed by atoms with Crippen molar-refractivity contribution in [3.8, 4) is 0 Å². The van der Waals surface area contributed by atoms with Gasteiger partial charge in [-0.05, 0) is 43.9 Å². The molecule has 2 amide bonds. The van der Waals surface area contributed by atoms with Crippen molar-refractivity contribution < 1.29 is 48.7 Å². The maximum Gasteiger partial charge on any atom is 0.340 e. The number of carbonyl (C=O) groups excluding carboxylic acids is 3. The SMILES string of the molecule is CCN1C[C@@]2(COC(=O)c3ccccc3N3C(=O)CCC3=O)CC[C@H](OC)[C@@]34[C@@H]5C[C@H]6[C@H](O)[C@@H]5[C@](O)(C[C@@H]6OC)[C@](O)([C@@H](OC)[C@H]23)[C@@H]14. The summed E-state index contributed by atoms with van der Waals surface area (Å²) in [5, 5.41) is 38.0. The Labute approximate surface area is 274 Å². The number of anilines is 1. The molecule has 13 atom stereocenters. The molecule has 8 rings (SSSR count). The molecule has 12 heteroatoms. The Kier molecular flexibility index (Phi) is 7.12. The van der Waals surface area contributed by atoms with E-state index in [0.717, 1.165) is 4.90 Å². The summed E-state index contributed by atoms with van der Waals surface area (Å²) in [5.41, 5.74) is -4.51. The topological polar surface area (TPSA) is 155 Å². The number of fused-ring (bicyclic) bond motifs is 2. The second-order valence-corrected chi connectivity index (χ2v) is 15.2. The van der Waals surface area contributed by atoms with Gasteiger partial charge in [-0.2, -0.15) is 0 Å². The van der Waals surface area contributed by atoms with Crippen LogP contribution in [0.5, 0.6) is 0 Å². The predicted octanol–water partition coefficient (Wildman–Crippen LogP) is 1.14. The average Bonchev–Trinajstić information content (AvgIpc) is 3.60. The number of benzene rings is 1. The van der Waals surface area contributed by atoms with Crippen molar-refractivity contribution in [2.75, 3.05) is 45.9 Å². The molecule has 7 aliphatic rings. The fourth-order valence-corrected chi connectivity index (χ4v) is 12.7. The quantitative estimate of drug-likeness (QED) is 0.273. The van der Waals surface area contributed by atoms with E-state index in [-0.39, 0.29) is 72.8 Å². The van der Waals surface area contributed by atoms with Gasteiger partial charge in [0.25, 0.3) is 0 Å². The molecule has 5 aliphatic carbocycles. The van der Waals surface area contributed by atoms with Gasteiger partial charge in [-0.1, -0.05) is 19.1 Å². The number of ether oxygens (including phenoxy) is 4. The van der Waals surface area contributed by atoms with Crippen molar-refractivity contribution >= 4 is 23.5 Å². The van der Waals surface area contributed by atoms with E-state index in [4.69, 9.17) is 18.9 Å². The average molecular weight is 655 g/mol. The summed E-state index contributed by atoms with van der Waals surface area (Å²) >= 11 is 0. The van der Waals surface area contributed by atoms with E-state index < -0.39 is 58.3 Å². The van der Waals surface area contributed by atoms with E-state index in [9.17, 15) is 29.7 Å². The first kappa shape index (κ1) is 31.8. The van der Waals surface area contributed by atoms with E-state index in [2.05, 4.69) is 4.90 Å². The number of likely N-dealkylation sites (N-methyl/N-ethyl adjacent to an activating group) is 1. The number of rotatable bonds is 8. The number of imide groups is 1. The van der Waals surface area contributed by atoms with Crippen LogP contribution in [0.2, 0.25) is 0 Å². The van der Waals surface area contributed by atoms with Crippen LogP contribution in [0.1, 0.15) is 55.8 Å². The first-order valence-electron chi connectivity index (χ1n) is 17.1. The zero-order valence-electron chi connectivity index (χ0n) is 27.5. The van der Waals surface area contributed by atoms with Crippen molar-refractivity contribution in [1.82, 2.24) is 4.90 Å². The lowest BCUT2D eigenvalue weighted by Gasteiger charge is -2.70. The van der Waals surface area contributed by atoms with Crippen LogP contribution in [-0.2, 0) is 28.5 Å². The Morgan fingerprint density at radius 1 is 1.04 bits per heavy atom. The Balaban J connectivity index is 1.24. The minimum absolute atomic E-state index is 0.00651. The maximum absolute atomic E-state index is 13.9. The molecule has 7 fully saturated rings. The van der Waals surface area contributed by atoms with Gasteiger partial charge in [0.15, 0.2) is 0 Å². The number of methoxy groups -OCH3 is 3. The smallest absolute Gasteiger partial charge is 0.340 e. The van der Waals surface area contributed by atoms with E-state index in [0.29, 0.717) is 32.4 Å². The Hall–Kier alpha value is -2.45. The fourth-order valence-electron chi connectivity index (χ4n) is 12.7. The number of para-hydroxylation sites is 1. The maximum atomic E-state index is 13.9. The summed E-state index contributed by atoms with van der Waals surface area (Å²) in [7, 11) is 4.87. The van der Waals surface area contributed by atoms with Crippen molar-refractivity contribution in [2.45, 2.75) is 87.1 Å². The number of amides is 2. The number of esters is 1. The molecule has 1 spiro atoms. The predicted molar refractivity (Wildman–Crippen MR) is 165 cm³/mol. The van der Waals surface area contributed by atoms with E-state index in [1.807, 2.05) is 6.92 Å².